The molecule has 2 nitrogen and oxygen atoms in total. The Bertz CT molecular complexity index is 366. The van der Waals surface area contributed by atoms with E-state index in [0.29, 0.717) is 17.9 Å². The van der Waals surface area contributed by atoms with Crippen molar-refractivity contribution in [3.05, 3.63) is 41.5 Å². The van der Waals surface area contributed by atoms with Crippen LogP contribution in [0.3, 0.4) is 0 Å². The molecule has 0 fully saturated rings. The highest BCUT2D eigenvalue weighted by Gasteiger charge is 2.08. The highest BCUT2D eigenvalue weighted by Crippen LogP contribution is 2.16. The van der Waals surface area contributed by atoms with Crippen LogP contribution < -0.4 is 0 Å². The molecule has 1 aromatic rings. The predicted octanol–water partition coefficient (Wildman–Crippen LogP) is 3.09. The molecule has 0 unspecified atom stereocenters. The third-order valence-corrected chi connectivity index (χ3v) is 2.27. The second-order valence-corrected chi connectivity index (χ2v) is 3.64. The van der Waals surface area contributed by atoms with E-state index in [1.54, 1.807) is 6.08 Å². The van der Waals surface area contributed by atoms with Gasteiger partial charge in [0.25, 0.3) is 0 Å². The first-order valence-corrected chi connectivity index (χ1v) is 5.25. The minimum atomic E-state index is -0.913. The molecule has 0 bridgehead atoms. The lowest BCUT2D eigenvalue weighted by Gasteiger charge is -2.02. The van der Waals surface area contributed by atoms with Gasteiger partial charge < -0.3 is 5.11 Å². The zero-order chi connectivity index (χ0) is 11.3. The second-order valence-electron chi connectivity index (χ2n) is 3.27. The van der Waals surface area contributed by atoms with Crippen molar-refractivity contribution < 1.29 is 9.90 Å². The minimum Gasteiger partial charge on any atom is -0.478 e. The smallest absolute Gasteiger partial charge is 0.335 e. The van der Waals surface area contributed by atoms with E-state index in [2.05, 4.69) is 0 Å². The highest BCUT2D eigenvalue weighted by molar-refractivity contribution is 6.18. The fraction of sp³-hybridized carbons (Fsp3) is 0.250. The molecule has 1 aromatic carbocycles. The van der Waals surface area contributed by atoms with E-state index in [-0.39, 0.29) is 0 Å². The molecule has 80 valence electrons. The number of alkyl halides is 1. The van der Waals surface area contributed by atoms with Crippen LogP contribution in [0, 0.1) is 6.92 Å². The summed E-state index contributed by atoms with van der Waals surface area (Å²) in [5, 5.41) is 9.01. The molecule has 0 aliphatic rings. The average molecular weight is 225 g/mol. The van der Waals surface area contributed by atoms with Crippen LogP contribution in [0.5, 0.6) is 0 Å². The summed E-state index contributed by atoms with van der Waals surface area (Å²) in [4.78, 5) is 11.0. The van der Waals surface area contributed by atoms with Gasteiger partial charge in [-0.05, 0) is 18.9 Å². The Labute approximate surface area is 94.2 Å². The van der Waals surface area contributed by atoms with Crippen LogP contribution in [0.2, 0.25) is 0 Å². The van der Waals surface area contributed by atoms with E-state index in [9.17, 15) is 4.79 Å². The van der Waals surface area contributed by atoms with Crippen molar-refractivity contribution in [1.29, 1.82) is 0 Å². The number of rotatable bonds is 4. The maximum atomic E-state index is 11.0. The molecule has 0 amide bonds. The van der Waals surface area contributed by atoms with Crippen LogP contribution >= 0.6 is 11.6 Å². The quantitative estimate of drug-likeness (QED) is 0.630. The summed E-state index contributed by atoms with van der Waals surface area (Å²) in [6, 6.07) is 7.41. The molecule has 1 rings (SSSR count). The van der Waals surface area contributed by atoms with Crippen molar-refractivity contribution in [2.24, 2.45) is 0 Å². The lowest BCUT2D eigenvalue weighted by molar-refractivity contribution is -0.130. The van der Waals surface area contributed by atoms with Crippen molar-refractivity contribution in [3.8, 4) is 0 Å². The van der Waals surface area contributed by atoms with Gasteiger partial charge in [-0.25, -0.2) is 4.79 Å². The monoisotopic (exact) mass is 224 g/mol. The lowest BCUT2D eigenvalue weighted by atomic mass is 10.0. The van der Waals surface area contributed by atoms with Crippen LogP contribution in [0.15, 0.2) is 30.3 Å². The van der Waals surface area contributed by atoms with Gasteiger partial charge in [0, 0.05) is 5.88 Å². The molecule has 0 aromatic heterocycles. The van der Waals surface area contributed by atoms with Gasteiger partial charge >= 0.3 is 5.97 Å². The van der Waals surface area contributed by atoms with Crippen LogP contribution in [-0.2, 0) is 4.79 Å². The first-order chi connectivity index (χ1) is 7.15. The number of aliphatic carboxylic acids is 1. The van der Waals surface area contributed by atoms with Gasteiger partial charge in [0.2, 0.25) is 0 Å². The molecular formula is C12H13ClO2. The van der Waals surface area contributed by atoms with E-state index in [4.69, 9.17) is 16.7 Å². The Hall–Kier alpha value is -1.28. The van der Waals surface area contributed by atoms with Gasteiger partial charge in [-0.1, -0.05) is 35.9 Å². The number of hydrogen-bond donors (Lipinski definition) is 1. The van der Waals surface area contributed by atoms with E-state index in [1.165, 1.54) is 0 Å². The molecule has 3 heteroatoms. The summed E-state index contributed by atoms with van der Waals surface area (Å²) < 4.78 is 0. The maximum absolute atomic E-state index is 11.0. The molecule has 0 saturated carbocycles. The number of carboxylic acids is 1. The topological polar surface area (TPSA) is 37.3 Å². The van der Waals surface area contributed by atoms with Gasteiger partial charge in [-0.3, -0.25) is 0 Å². The summed E-state index contributed by atoms with van der Waals surface area (Å²) in [6.45, 7) is 1.96. The maximum Gasteiger partial charge on any atom is 0.335 e. The van der Waals surface area contributed by atoms with Gasteiger partial charge in [0.05, 0.1) is 5.57 Å². The molecular weight excluding hydrogens is 212 g/mol. The standard InChI is InChI=1S/C12H13ClO2/c1-9-4-6-10(7-5-9)11(12(14)15)3-2-8-13/h3-7H,2,8H2,1H3,(H,14,15). The van der Waals surface area contributed by atoms with E-state index < -0.39 is 5.97 Å². The zero-order valence-corrected chi connectivity index (χ0v) is 9.29. The van der Waals surface area contributed by atoms with E-state index in [1.807, 2.05) is 31.2 Å². The first-order valence-electron chi connectivity index (χ1n) is 4.71. The largest absolute Gasteiger partial charge is 0.478 e. The molecule has 1 N–H and O–H groups in total. The number of carboxylic acid groups (broad SMARTS) is 1. The second kappa shape index (κ2) is 5.56. The van der Waals surface area contributed by atoms with Crippen LogP contribution in [0.1, 0.15) is 17.5 Å². The summed E-state index contributed by atoms with van der Waals surface area (Å²) in [5.41, 5.74) is 2.15. The minimum absolute atomic E-state index is 0.315. The van der Waals surface area contributed by atoms with Crippen molar-refractivity contribution in [2.45, 2.75) is 13.3 Å². The Morgan fingerprint density at radius 3 is 2.47 bits per heavy atom. The van der Waals surface area contributed by atoms with E-state index in [0.717, 1.165) is 11.1 Å². The Morgan fingerprint density at radius 2 is 2.00 bits per heavy atom. The number of halogens is 1. The predicted molar refractivity (Wildman–Crippen MR) is 62.1 cm³/mol. The molecule has 0 atom stereocenters. The SMILES string of the molecule is Cc1ccc(C(=CCCCl)C(=O)O)cc1. The number of aryl methyl sites for hydroxylation is 1. The molecule has 0 aliphatic carbocycles. The van der Waals surface area contributed by atoms with Gasteiger partial charge in [-0.2, -0.15) is 0 Å². The lowest BCUT2D eigenvalue weighted by Crippen LogP contribution is -1.99. The molecule has 15 heavy (non-hydrogen) atoms. The Morgan fingerprint density at radius 1 is 1.40 bits per heavy atom. The normalized spacial score (nSPS) is 11.5. The van der Waals surface area contributed by atoms with Gasteiger partial charge in [0.1, 0.15) is 0 Å². The Balaban J connectivity index is 2.99. The number of benzene rings is 1. The van der Waals surface area contributed by atoms with Crippen molar-refractivity contribution in [3.63, 3.8) is 0 Å². The van der Waals surface area contributed by atoms with Crippen LogP contribution in [0.4, 0.5) is 0 Å². The molecule has 0 radical (unpaired) electrons. The van der Waals surface area contributed by atoms with Crippen molar-refractivity contribution in [2.75, 3.05) is 5.88 Å². The third-order valence-electron chi connectivity index (χ3n) is 2.05. The summed E-state index contributed by atoms with van der Waals surface area (Å²) in [7, 11) is 0. The molecule has 0 heterocycles. The van der Waals surface area contributed by atoms with Gasteiger partial charge in [0.15, 0.2) is 0 Å². The molecule has 0 spiro atoms. The Kier molecular flexibility index (Phi) is 4.37. The molecule has 0 saturated heterocycles. The summed E-state index contributed by atoms with van der Waals surface area (Å²) >= 11 is 5.53. The number of carbonyl (C=O) groups is 1. The highest BCUT2D eigenvalue weighted by atomic mass is 35.5. The summed E-state index contributed by atoms with van der Waals surface area (Å²) in [5.74, 6) is -0.480. The number of hydrogen-bond acceptors (Lipinski definition) is 1. The van der Waals surface area contributed by atoms with Gasteiger partial charge in [-0.15, -0.1) is 11.6 Å². The fourth-order valence-electron chi connectivity index (χ4n) is 1.26. The van der Waals surface area contributed by atoms with Crippen LogP contribution in [0.25, 0.3) is 5.57 Å². The average Bonchev–Trinajstić information content (AvgIpc) is 2.21. The first kappa shape index (κ1) is 11.8. The van der Waals surface area contributed by atoms with Crippen molar-refractivity contribution in [1.82, 2.24) is 0 Å². The summed E-state index contributed by atoms with van der Waals surface area (Å²) in [6.07, 6.45) is 2.22. The molecule has 0 aliphatic heterocycles. The number of allylic oxidation sites excluding steroid dienone is 1. The van der Waals surface area contributed by atoms with E-state index >= 15 is 0 Å². The third kappa shape index (κ3) is 3.40. The van der Waals surface area contributed by atoms with Crippen molar-refractivity contribution >= 4 is 23.1 Å². The van der Waals surface area contributed by atoms with Crippen LogP contribution in [-0.4, -0.2) is 17.0 Å². The fourth-order valence-corrected chi connectivity index (χ4v) is 1.37. The zero-order valence-electron chi connectivity index (χ0n) is 8.53.